The fraction of sp³-hybridized carbons (Fsp3) is 0.0462. The van der Waals surface area contributed by atoms with Gasteiger partial charge in [0.1, 0.15) is 0 Å². The molecule has 8 nitrogen and oxygen atoms in total. The molecule has 0 unspecified atom stereocenters. The minimum absolute atomic E-state index is 0. The number of benzene rings is 20. The maximum Gasteiger partial charge on any atom is 4.00 e. The van der Waals surface area contributed by atoms with E-state index in [1.54, 1.807) is 0 Å². The van der Waals surface area contributed by atoms with Crippen LogP contribution in [0.2, 0.25) is 0 Å². The third kappa shape index (κ3) is 27.6. The van der Waals surface area contributed by atoms with Crippen molar-refractivity contribution in [2.45, 2.75) is 13.8 Å². The van der Waals surface area contributed by atoms with Crippen LogP contribution in [0.15, 0.2) is 473 Å². The van der Waals surface area contributed by atoms with Gasteiger partial charge in [0.25, 0.3) is 0 Å². The number of anilines is 12. The average Bonchev–Trinajstić information content (AvgIpc) is 1.64. The van der Waals surface area contributed by atoms with E-state index in [1.807, 2.05) is 170 Å². The van der Waals surface area contributed by atoms with Crippen LogP contribution < -0.4 is 39.2 Å². The normalized spacial score (nSPS) is 11.7. The molecule has 0 N–H and O–H groups in total. The molecule has 0 saturated carbocycles. The molecule has 0 amide bonds. The summed E-state index contributed by atoms with van der Waals surface area (Å²) in [6, 6.07) is 199. The molecular weight excluding hydrogens is 2450 g/mol. The molecule has 0 aromatic heterocycles. The fourth-order valence-corrected chi connectivity index (χ4v) is 16.1. The third-order valence-corrected chi connectivity index (χ3v) is 23.2. The van der Waals surface area contributed by atoms with Gasteiger partial charge in [-0.1, -0.05) is 184 Å². The van der Waals surface area contributed by atoms with Crippen LogP contribution >= 0.6 is 0 Å². The first kappa shape index (κ1) is 105. The first-order valence-corrected chi connectivity index (χ1v) is 45.9. The van der Waals surface area contributed by atoms with Crippen LogP contribution in [0.1, 0.15) is 11.1 Å². The van der Waals surface area contributed by atoms with Crippen LogP contribution in [0.4, 0.5) is 68.2 Å². The minimum Gasteiger partial charge on any atom is -0.504 e. The maximum atomic E-state index is 3.34. The van der Waals surface area contributed by atoms with Gasteiger partial charge in [-0.05, 0) is 99.0 Å². The molecule has 12 heteroatoms. The Labute approximate surface area is 898 Å². The standard InChI is InChI=1S/C24H16.2C18H12.4C14H12N2.C14H12.4Pt/c1-3-9-19(10-4-1)21-13-7-15-23(17-21)24-16-8-14-22(18-24)20-11-5-2-6-12-20;2*1-3-8-15(9-4-1)17-12-7-13-18(14-17)16-10-5-2-6-11-16;4*1-15-11-16(12-7-3-2-4-8-12)14-10-6-5-9-13(14)15;1-11-3-7-13(8-4-11)14-9-5-12(2)6-10-14;;;;/h1-14,17-18H;2*1-10,12,14H;4*2-7,9-11H,1H3;3-7,9H,1-2H3;;;;/q8*-2;4*+4. The van der Waals surface area contributed by atoms with E-state index in [-0.39, 0.29) is 84.3 Å². The van der Waals surface area contributed by atoms with Gasteiger partial charge in [0.2, 0.25) is 0 Å². The van der Waals surface area contributed by atoms with Gasteiger partial charge in [0.15, 0.2) is 0 Å². The second-order valence-corrected chi connectivity index (χ2v) is 32.9. The van der Waals surface area contributed by atoms with Gasteiger partial charge in [-0.3, -0.25) is 0 Å². The van der Waals surface area contributed by atoms with Crippen molar-refractivity contribution in [3.8, 4) is 89.0 Å². The predicted octanol–water partition coefficient (Wildman–Crippen LogP) is 31.9. The van der Waals surface area contributed by atoms with Crippen molar-refractivity contribution >= 4 is 68.2 Å². The maximum absolute atomic E-state index is 3.34. The minimum atomic E-state index is 0. The van der Waals surface area contributed by atoms with Crippen molar-refractivity contribution in [2.24, 2.45) is 0 Å². The summed E-state index contributed by atoms with van der Waals surface area (Å²) < 4.78 is 0. The summed E-state index contributed by atoms with van der Waals surface area (Å²) in [4.78, 5) is 17.1. The smallest absolute Gasteiger partial charge is 0.504 e. The van der Waals surface area contributed by atoms with E-state index in [1.165, 1.54) is 101 Å². The molecule has 4 aliphatic rings. The summed E-state index contributed by atoms with van der Waals surface area (Å²) in [5, 5.41) is 0. The zero-order valence-electron chi connectivity index (χ0n) is 79.2. The van der Waals surface area contributed by atoms with Crippen LogP contribution in [-0.4, -0.2) is 28.2 Å². The molecule has 0 fully saturated rings. The molecule has 4 aliphatic heterocycles. The number of hydrogen-bond acceptors (Lipinski definition) is 8. The topological polar surface area (TPSA) is 25.9 Å². The number of hydrogen-bond donors (Lipinski definition) is 0. The van der Waals surface area contributed by atoms with Crippen molar-refractivity contribution in [3.63, 3.8) is 0 Å². The second-order valence-electron chi connectivity index (χ2n) is 32.9. The summed E-state index contributed by atoms with van der Waals surface area (Å²) in [5.41, 5.74) is 34.8. The Morgan fingerprint density at radius 3 is 0.570 bits per heavy atom. The number of para-hydroxylation sites is 12. The Morgan fingerprint density at radius 1 is 0.162 bits per heavy atom. The molecule has 0 spiro atoms. The number of fused-ring (bicyclic) bond motifs is 4. The number of rotatable bonds is 12. The van der Waals surface area contributed by atoms with Crippen molar-refractivity contribution in [1.29, 1.82) is 0 Å². The van der Waals surface area contributed by atoms with Gasteiger partial charge in [0.05, 0.1) is 0 Å². The molecule has 0 bridgehead atoms. The summed E-state index contributed by atoms with van der Waals surface area (Å²) in [5.74, 6) is 0. The van der Waals surface area contributed by atoms with E-state index in [2.05, 4.69) is 484 Å². The van der Waals surface area contributed by atoms with Gasteiger partial charge in [-0.25, -0.2) is 44.5 Å². The molecule has 0 radical (unpaired) electrons. The average molecular weight is 2550 g/mol. The molecule has 24 rings (SSSR count). The van der Waals surface area contributed by atoms with Crippen LogP contribution in [0.3, 0.4) is 0 Å². The third-order valence-electron chi connectivity index (χ3n) is 23.2. The van der Waals surface area contributed by atoms with Gasteiger partial charge >= 0.3 is 84.3 Å². The van der Waals surface area contributed by atoms with E-state index in [4.69, 9.17) is 0 Å². The largest absolute Gasteiger partial charge is 4.00 e. The van der Waals surface area contributed by atoms with E-state index in [9.17, 15) is 0 Å². The van der Waals surface area contributed by atoms with Crippen molar-refractivity contribution in [1.82, 2.24) is 0 Å². The molecule has 0 saturated heterocycles. The quantitative estimate of drug-likeness (QED) is 0.112. The Bertz CT molecular complexity index is 6440. The van der Waals surface area contributed by atoms with Crippen molar-refractivity contribution in [2.75, 3.05) is 67.4 Å². The van der Waals surface area contributed by atoms with E-state index in [0.29, 0.717) is 0 Å². The second kappa shape index (κ2) is 53.3. The van der Waals surface area contributed by atoms with Crippen LogP contribution in [-0.2, 0) is 84.3 Å². The molecule has 700 valence electrons. The zero-order valence-corrected chi connectivity index (χ0v) is 88.3. The zero-order chi connectivity index (χ0) is 94.4. The summed E-state index contributed by atoms with van der Waals surface area (Å²) in [7, 11) is 8.23. The summed E-state index contributed by atoms with van der Waals surface area (Å²) in [6.07, 6.45) is 0. The number of nitrogens with zero attached hydrogens (tertiary/aromatic N) is 8. The molecule has 142 heavy (non-hydrogen) atoms. The van der Waals surface area contributed by atoms with Crippen LogP contribution in [0.5, 0.6) is 0 Å². The first-order chi connectivity index (χ1) is 68.0. The fourth-order valence-electron chi connectivity index (χ4n) is 16.1. The summed E-state index contributed by atoms with van der Waals surface area (Å²) >= 11 is 0. The van der Waals surface area contributed by atoms with Gasteiger partial charge in [-0.15, -0.1) is 92.5 Å². The Hall–Kier alpha value is -14.4. The SMILES string of the molecule is CN1[CH-]N(c2[c-]cccc2)c2ccccc21.CN1[CH-]N(c2[c-]cccc2)c2ccccc21.CN1[CH-]N(c2[c-]cccc2)c2ccccc21.CN1[CH-]N(c2[c-]cccc2)c2ccccc21.Cc1c[c-]c(-c2[c-]cc(C)cc2)cc1.[Pt+4].[Pt+4].[Pt+4].[Pt+4].[c-]1ccc(-c2ccccc2)cc1-c1[c-]ccc(-c2ccccc2)c1.[c-]1ccccc1-c1[c-]ccc(-c2ccccc2)c1.[c-]1ccccc1-c1[c-]ccc(-c2ccccc2)c1. The van der Waals surface area contributed by atoms with Crippen molar-refractivity contribution in [3.05, 3.63) is 584 Å². The monoisotopic (exact) mass is 2550 g/mol. The number of aryl methyl sites for hydroxylation is 2. The Balaban J connectivity index is 0.000000136. The van der Waals surface area contributed by atoms with Gasteiger partial charge in [-0.2, -0.15) is 318 Å². The summed E-state index contributed by atoms with van der Waals surface area (Å²) in [6.45, 7) is 12.5. The molecular formula is C130H100N8Pt4. The Kier molecular flexibility index (Phi) is 39.3. The van der Waals surface area contributed by atoms with Crippen LogP contribution in [0, 0.1) is 113 Å². The molecule has 20 aromatic carbocycles. The van der Waals surface area contributed by atoms with E-state index >= 15 is 0 Å². The van der Waals surface area contributed by atoms with E-state index in [0.717, 1.165) is 67.3 Å². The predicted molar refractivity (Wildman–Crippen MR) is 576 cm³/mol. The van der Waals surface area contributed by atoms with E-state index < -0.39 is 0 Å². The van der Waals surface area contributed by atoms with Crippen molar-refractivity contribution < 1.29 is 84.3 Å². The molecule has 4 heterocycles. The molecule has 0 aliphatic carbocycles. The first-order valence-electron chi connectivity index (χ1n) is 45.9. The van der Waals surface area contributed by atoms with Crippen LogP contribution in [0.25, 0.3) is 89.0 Å². The molecule has 20 aromatic rings. The Morgan fingerprint density at radius 2 is 0.359 bits per heavy atom. The van der Waals surface area contributed by atoms with Gasteiger partial charge < -0.3 is 39.2 Å². The van der Waals surface area contributed by atoms with Gasteiger partial charge in [0, 0.05) is 45.5 Å². The molecule has 0 atom stereocenters.